The van der Waals surface area contributed by atoms with Gasteiger partial charge >= 0.3 is 0 Å². The lowest BCUT2D eigenvalue weighted by atomic mass is 10.1. The van der Waals surface area contributed by atoms with Crippen LogP contribution in [0.2, 0.25) is 0 Å². The number of nitrogens with two attached hydrogens (primary N) is 1. The van der Waals surface area contributed by atoms with Crippen LogP contribution in [0.15, 0.2) is 47.4 Å². The van der Waals surface area contributed by atoms with Crippen molar-refractivity contribution < 1.29 is 13.2 Å². The highest BCUT2D eigenvalue weighted by Gasteiger charge is 2.18. The second-order valence-electron chi connectivity index (χ2n) is 7.43. The summed E-state index contributed by atoms with van der Waals surface area (Å²) in [4.78, 5) is 14.5. The van der Waals surface area contributed by atoms with Crippen molar-refractivity contribution in [3.05, 3.63) is 53.6 Å². The molecule has 8 heteroatoms. The van der Waals surface area contributed by atoms with Crippen LogP contribution in [0.25, 0.3) is 0 Å². The molecule has 0 spiro atoms. The molecule has 1 aliphatic heterocycles. The molecule has 1 aliphatic rings. The summed E-state index contributed by atoms with van der Waals surface area (Å²) in [7, 11) is -0.490. The van der Waals surface area contributed by atoms with E-state index in [4.69, 9.17) is 5.73 Å². The number of amides is 1. The van der Waals surface area contributed by atoms with Crippen molar-refractivity contribution in [1.82, 2.24) is 4.31 Å². The summed E-state index contributed by atoms with van der Waals surface area (Å²) < 4.78 is 25.8. The Morgan fingerprint density at radius 3 is 2.48 bits per heavy atom. The van der Waals surface area contributed by atoms with E-state index in [1.54, 1.807) is 18.2 Å². The Kier molecular flexibility index (Phi) is 6.44. The molecule has 7 nitrogen and oxygen atoms in total. The minimum atomic E-state index is -3.50. The number of hydrogen-bond donors (Lipinski definition) is 2. The van der Waals surface area contributed by atoms with Crippen LogP contribution in [0.5, 0.6) is 0 Å². The van der Waals surface area contributed by atoms with Crippen LogP contribution >= 0.6 is 0 Å². The van der Waals surface area contributed by atoms with Gasteiger partial charge in [-0.15, -0.1) is 0 Å². The Bertz CT molecular complexity index is 983. The first kappa shape index (κ1) is 21.1. The normalized spacial score (nSPS) is 14.8. The Balaban J connectivity index is 1.79. The fourth-order valence-electron chi connectivity index (χ4n) is 3.46. The highest BCUT2D eigenvalue weighted by molar-refractivity contribution is 7.89. The minimum Gasteiger partial charge on any atom is -0.380 e. The third-order valence-electron chi connectivity index (χ3n) is 5.15. The number of nitrogens with zero attached hydrogens (tertiary/aromatic N) is 2. The van der Waals surface area contributed by atoms with Crippen molar-refractivity contribution in [3.63, 3.8) is 0 Å². The van der Waals surface area contributed by atoms with Crippen molar-refractivity contribution in [2.75, 3.05) is 37.4 Å². The van der Waals surface area contributed by atoms with Crippen molar-refractivity contribution in [1.29, 1.82) is 0 Å². The van der Waals surface area contributed by atoms with Gasteiger partial charge in [0, 0.05) is 45.1 Å². The zero-order chi connectivity index (χ0) is 21.0. The van der Waals surface area contributed by atoms with E-state index in [1.165, 1.54) is 24.8 Å². The Hall–Kier alpha value is -2.58. The molecule has 0 bridgehead atoms. The number of piperidine rings is 1. The molecule has 3 N–H and O–H groups in total. The lowest BCUT2D eigenvalue weighted by Crippen LogP contribution is -2.29. The molecular weight excluding hydrogens is 388 g/mol. The van der Waals surface area contributed by atoms with E-state index in [-0.39, 0.29) is 4.90 Å². The maximum Gasteiger partial charge on any atom is 0.250 e. The van der Waals surface area contributed by atoms with Gasteiger partial charge in [0.1, 0.15) is 0 Å². The molecule has 1 saturated heterocycles. The zero-order valence-corrected chi connectivity index (χ0v) is 17.7. The predicted octanol–water partition coefficient (Wildman–Crippen LogP) is 2.64. The van der Waals surface area contributed by atoms with Crippen molar-refractivity contribution in [2.45, 2.75) is 30.7 Å². The third kappa shape index (κ3) is 4.89. The lowest BCUT2D eigenvalue weighted by molar-refractivity contribution is 0.100. The lowest BCUT2D eigenvalue weighted by Gasteiger charge is -2.29. The van der Waals surface area contributed by atoms with E-state index in [0.717, 1.165) is 37.2 Å². The Morgan fingerprint density at radius 1 is 1.10 bits per heavy atom. The Labute approximate surface area is 172 Å². The van der Waals surface area contributed by atoms with Crippen LogP contribution in [0, 0.1) is 0 Å². The molecule has 0 radical (unpaired) electrons. The number of carbonyl (C=O) groups is 1. The van der Waals surface area contributed by atoms with Gasteiger partial charge in [0.2, 0.25) is 10.0 Å². The highest BCUT2D eigenvalue weighted by atomic mass is 32.2. The summed E-state index contributed by atoms with van der Waals surface area (Å²) >= 11 is 0. The summed E-state index contributed by atoms with van der Waals surface area (Å²) in [5, 5.41) is 3.22. The van der Waals surface area contributed by atoms with Gasteiger partial charge in [-0.1, -0.05) is 12.1 Å². The molecule has 156 valence electrons. The predicted molar refractivity (Wildman–Crippen MR) is 116 cm³/mol. The second kappa shape index (κ2) is 8.84. The molecule has 1 fully saturated rings. The van der Waals surface area contributed by atoms with E-state index in [2.05, 4.69) is 10.2 Å². The third-order valence-corrected chi connectivity index (χ3v) is 6.96. The minimum absolute atomic E-state index is 0.234. The topological polar surface area (TPSA) is 95.7 Å². The SMILES string of the molecule is CN(C)S(=O)(=O)c1cccc(CNc2ccc(N3CCCCC3)cc2C(N)=O)c1. The molecule has 0 unspecified atom stereocenters. The quantitative estimate of drug-likeness (QED) is 0.723. The number of nitrogens with one attached hydrogen (secondary N) is 1. The summed E-state index contributed by atoms with van der Waals surface area (Å²) in [6.07, 6.45) is 3.54. The van der Waals surface area contributed by atoms with Gasteiger partial charge in [-0.3, -0.25) is 4.79 Å². The van der Waals surface area contributed by atoms with Gasteiger partial charge < -0.3 is 16.0 Å². The molecule has 0 atom stereocenters. The fraction of sp³-hybridized carbons (Fsp3) is 0.381. The average molecular weight is 417 g/mol. The van der Waals surface area contributed by atoms with Gasteiger partial charge in [-0.2, -0.15) is 0 Å². The van der Waals surface area contributed by atoms with Gasteiger partial charge in [0.15, 0.2) is 0 Å². The summed E-state index contributed by atoms with van der Waals surface area (Å²) in [5.74, 6) is -0.490. The number of hydrogen-bond acceptors (Lipinski definition) is 5. The van der Waals surface area contributed by atoms with Crippen LogP contribution < -0.4 is 16.0 Å². The Morgan fingerprint density at radius 2 is 1.83 bits per heavy atom. The molecule has 0 saturated carbocycles. The van der Waals surface area contributed by atoms with Gasteiger partial charge in [-0.05, 0) is 55.2 Å². The zero-order valence-electron chi connectivity index (χ0n) is 16.9. The number of sulfonamides is 1. The first-order valence-electron chi connectivity index (χ1n) is 9.73. The molecule has 0 aliphatic carbocycles. The summed E-state index contributed by atoms with van der Waals surface area (Å²) in [5.41, 5.74) is 8.49. The van der Waals surface area contributed by atoms with Crippen LogP contribution in [0.3, 0.4) is 0 Å². The molecule has 3 rings (SSSR count). The first-order valence-corrected chi connectivity index (χ1v) is 11.2. The van der Waals surface area contributed by atoms with E-state index in [0.29, 0.717) is 17.8 Å². The van der Waals surface area contributed by atoms with Gasteiger partial charge in [0.25, 0.3) is 5.91 Å². The average Bonchev–Trinajstić information content (AvgIpc) is 2.72. The maximum absolute atomic E-state index is 12.3. The molecule has 2 aromatic carbocycles. The smallest absolute Gasteiger partial charge is 0.250 e. The largest absolute Gasteiger partial charge is 0.380 e. The highest BCUT2D eigenvalue weighted by Crippen LogP contribution is 2.26. The molecule has 0 aromatic heterocycles. The number of anilines is 2. The van der Waals surface area contributed by atoms with Crippen LogP contribution in [-0.4, -0.2) is 45.8 Å². The van der Waals surface area contributed by atoms with E-state index in [1.807, 2.05) is 24.3 Å². The van der Waals surface area contributed by atoms with Crippen LogP contribution in [0.1, 0.15) is 35.2 Å². The number of benzene rings is 2. The molecular formula is C21H28N4O3S. The van der Waals surface area contributed by atoms with Crippen molar-refractivity contribution in [3.8, 4) is 0 Å². The van der Waals surface area contributed by atoms with Crippen molar-refractivity contribution in [2.24, 2.45) is 5.73 Å². The standard InChI is InChI=1S/C21H28N4O3S/c1-24(2)29(27,28)18-8-6-7-16(13-18)15-23-20-10-9-17(14-19(20)21(22)26)25-11-4-3-5-12-25/h6-10,13-14,23H,3-5,11-12,15H2,1-2H3,(H2,22,26). The molecule has 1 heterocycles. The summed E-state index contributed by atoms with van der Waals surface area (Å²) in [6.45, 7) is 2.34. The van der Waals surface area contributed by atoms with Crippen LogP contribution in [0.4, 0.5) is 11.4 Å². The number of carbonyl (C=O) groups excluding carboxylic acids is 1. The fourth-order valence-corrected chi connectivity index (χ4v) is 4.44. The number of rotatable bonds is 7. The molecule has 1 amide bonds. The van der Waals surface area contributed by atoms with Crippen LogP contribution in [-0.2, 0) is 16.6 Å². The maximum atomic E-state index is 12.3. The first-order chi connectivity index (χ1) is 13.8. The molecule has 2 aromatic rings. The molecule has 29 heavy (non-hydrogen) atoms. The van der Waals surface area contributed by atoms with E-state index < -0.39 is 15.9 Å². The monoisotopic (exact) mass is 416 g/mol. The van der Waals surface area contributed by atoms with Gasteiger partial charge in [0.05, 0.1) is 10.5 Å². The summed E-state index contributed by atoms with van der Waals surface area (Å²) in [6, 6.07) is 12.4. The van der Waals surface area contributed by atoms with Crippen molar-refractivity contribution >= 4 is 27.3 Å². The van der Waals surface area contributed by atoms with E-state index in [9.17, 15) is 13.2 Å². The van der Waals surface area contributed by atoms with E-state index >= 15 is 0 Å². The number of primary amides is 1. The van der Waals surface area contributed by atoms with Gasteiger partial charge in [-0.25, -0.2) is 12.7 Å². The second-order valence-corrected chi connectivity index (χ2v) is 9.58.